The van der Waals surface area contributed by atoms with Crippen LogP contribution in [0.15, 0.2) is 53.5 Å². The van der Waals surface area contributed by atoms with Crippen LogP contribution in [0.4, 0.5) is 0 Å². The molecule has 0 aliphatic carbocycles. The summed E-state index contributed by atoms with van der Waals surface area (Å²) in [5, 5.41) is 9.29. The van der Waals surface area contributed by atoms with Crippen molar-refractivity contribution in [2.45, 2.75) is 33.4 Å². The molecule has 27 heavy (non-hydrogen) atoms. The average molecular weight is 480 g/mol. The SMILES string of the molecule is CCNC(=NCc1ccc(C(=O)NC)cc1)NCc1ccccc1CC.I. The molecule has 6 heteroatoms. The van der Waals surface area contributed by atoms with Crippen LogP contribution in [0.3, 0.4) is 0 Å². The van der Waals surface area contributed by atoms with Gasteiger partial charge >= 0.3 is 0 Å². The Kier molecular flexibility index (Phi) is 10.5. The number of amides is 1. The lowest BCUT2D eigenvalue weighted by molar-refractivity contribution is 0.0963. The summed E-state index contributed by atoms with van der Waals surface area (Å²) < 4.78 is 0. The maximum atomic E-state index is 11.6. The second kappa shape index (κ2) is 12.3. The molecule has 2 aromatic rings. The lowest BCUT2D eigenvalue weighted by atomic mass is 10.1. The van der Waals surface area contributed by atoms with E-state index in [4.69, 9.17) is 0 Å². The standard InChI is InChI=1S/C21H28N4O.HI/c1-4-17-8-6-7-9-19(17)15-25-21(23-5-2)24-14-16-10-12-18(13-11-16)20(26)22-3;/h6-13H,4-5,14-15H2,1-3H3,(H,22,26)(H2,23,24,25);1H. The maximum absolute atomic E-state index is 11.6. The van der Waals surface area contributed by atoms with Crippen LogP contribution in [-0.4, -0.2) is 25.5 Å². The highest BCUT2D eigenvalue weighted by atomic mass is 127. The minimum Gasteiger partial charge on any atom is -0.357 e. The van der Waals surface area contributed by atoms with Gasteiger partial charge in [0.1, 0.15) is 0 Å². The predicted molar refractivity (Wildman–Crippen MR) is 123 cm³/mol. The number of carbonyl (C=O) groups is 1. The molecule has 146 valence electrons. The molecule has 2 rings (SSSR count). The Balaban J connectivity index is 0.00000364. The van der Waals surface area contributed by atoms with Gasteiger partial charge in [0.15, 0.2) is 5.96 Å². The number of rotatable bonds is 7. The first-order chi connectivity index (χ1) is 12.7. The molecule has 0 saturated heterocycles. The topological polar surface area (TPSA) is 65.5 Å². The number of hydrogen-bond donors (Lipinski definition) is 3. The molecule has 0 aliphatic rings. The third kappa shape index (κ3) is 7.21. The molecular weight excluding hydrogens is 451 g/mol. The van der Waals surface area contributed by atoms with Crippen LogP contribution in [0.2, 0.25) is 0 Å². The molecule has 1 amide bonds. The monoisotopic (exact) mass is 480 g/mol. The molecule has 0 atom stereocenters. The number of carbonyl (C=O) groups excluding carboxylic acids is 1. The van der Waals surface area contributed by atoms with E-state index in [9.17, 15) is 4.79 Å². The minimum atomic E-state index is -0.0790. The zero-order chi connectivity index (χ0) is 18.8. The van der Waals surface area contributed by atoms with Crippen LogP contribution in [0.25, 0.3) is 0 Å². The normalized spacial score (nSPS) is 10.7. The van der Waals surface area contributed by atoms with E-state index in [1.807, 2.05) is 24.3 Å². The van der Waals surface area contributed by atoms with Crippen molar-refractivity contribution in [3.8, 4) is 0 Å². The van der Waals surface area contributed by atoms with E-state index in [2.05, 4.69) is 59.1 Å². The van der Waals surface area contributed by atoms with Crippen molar-refractivity contribution in [3.05, 3.63) is 70.8 Å². The van der Waals surface area contributed by atoms with Crippen LogP contribution in [0, 0.1) is 0 Å². The highest BCUT2D eigenvalue weighted by Crippen LogP contribution is 2.09. The fourth-order valence-corrected chi connectivity index (χ4v) is 2.67. The van der Waals surface area contributed by atoms with Gasteiger partial charge in [-0.1, -0.05) is 43.3 Å². The number of halogens is 1. The van der Waals surface area contributed by atoms with Crippen LogP contribution in [0.5, 0.6) is 0 Å². The zero-order valence-corrected chi connectivity index (χ0v) is 18.5. The molecule has 0 aliphatic heterocycles. The smallest absolute Gasteiger partial charge is 0.251 e. The predicted octanol–water partition coefficient (Wildman–Crippen LogP) is 3.48. The molecule has 0 saturated carbocycles. The minimum absolute atomic E-state index is 0. The summed E-state index contributed by atoms with van der Waals surface area (Å²) in [7, 11) is 1.63. The van der Waals surface area contributed by atoms with Gasteiger partial charge in [-0.3, -0.25) is 4.79 Å². The number of nitrogens with one attached hydrogen (secondary N) is 3. The number of aryl methyl sites for hydroxylation is 1. The Morgan fingerprint density at radius 3 is 2.22 bits per heavy atom. The maximum Gasteiger partial charge on any atom is 0.251 e. The second-order valence-electron chi connectivity index (χ2n) is 5.95. The molecule has 0 spiro atoms. The Morgan fingerprint density at radius 2 is 1.63 bits per heavy atom. The van der Waals surface area contributed by atoms with Crippen molar-refractivity contribution in [3.63, 3.8) is 0 Å². The van der Waals surface area contributed by atoms with Crippen molar-refractivity contribution >= 4 is 35.8 Å². The summed E-state index contributed by atoms with van der Waals surface area (Å²) in [5.41, 5.74) is 4.35. The fourth-order valence-electron chi connectivity index (χ4n) is 2.67. The Bertz CT molecular complexity index is 744. The van der Waals surface area contributed by atoms with E-state index in [0.717, 1.165) is 31.0 Å². The largest absolute Gasteiger partial charge is 0.357 e. The average Bonchev–Trinajstić information content (AvgIpc) is 2.70. The van der Waals surface area contributed by atoms with Crippen LogP contribution in [-0.2, 0) is 19.5 Å². The first kappa shape index (κ1) is 23.0. The number of hydrogen-bond acceptors (Lipinski definition) is 2. The van der Waals surface area contributed by atoms with Gasteiger partial charge in [0, 0.05) is 25.7 Å². The summed E-state index contributed by atoms with van der Waals surface area (Å²) in [6.45, 7) is 6.32. The van der Waals surface area contributed by atoms with Crippen molar-refractivity contribution < 1.29 is 4.79 Å². The molecule has 5 nitrogen and oxygen atoms in total. The molecular formula is C21H29IN4O. The van der Waals surface area contributed by atoms with E-state index in [1.54, 1.807) is 7.05 Å². The first-order valence-electron chi connectivity index (χ1n) is 9.07. The first-order valence-corrected chi connectivity index (χ1v) is 9.07. The van der Waals surface area contributed by atoms with Gasteiger partial charge in [0.25, 0.3) is 5.91 Å². The van der Waals surface area contributed by atoms with Gasteiger partial charge in [-0.2, -0.15) is 0 Å². The molecule has 0 aromatic heterocycles. The second-order valence-corrected chi connectivity index (χ2v) is 5.95. The summed E-state index contributed by atoms with van der Waals surface area (Å²) in [6, 6.07) is 16.0. The zero-order valence-electron chi connectivity index (χ0n) is 16.2. The van der Waals surface area contributed by atoms with Crippen molar-refractivity contribution in [1.29, 1.82) is 0 Å². The fraction of sp³-hybridized carbons (Fsp3) is 0.333. The van der Waals surface area contributed by atoms with E-state index < -0.39 is 0 Å². The molecule has 3 N–H and O–H groups in total. The Hall–Kier alpha value is -2.09. The summed E-state index contributed by atoms with van der Waals surface area (Å²) >= 11 is 0. The van der Waals surface area contributed by atoms with Gasteiger partial charge in [-0.15, -0.1) is 24.0 Å². The Labute approximate surface area is 179 Å². The summed E-state index contributed by atoms with van der Waals surface area (Å²) in [4.78, 5) is 16.2. The quantitative estimate of drug-likeness (QED) is 0.323. The molecule has 0 fully saturated rings. The summed E-state index contributed by atoms with van der Waals surface area (Å²) in [5.74, 6) is 0.707. The number of guanidine groups is 1. The van der Waals surface area contributed by atoms with Gasteiger partial charge in [0.2, 0.25) is 0 Å². The number of benzene rings is 2. The van der Waals surface area contributed by atoms with Gasteiger partial charge < -0.3 is 16.0 Å². The number of nitrogens with zero attached hydrogens (tertiary/aromatic N) is 1. The van der Waals surface area contributed by atoms with E-state index in [0.29, 0.717) is 12.1 Å². The van der Waals surface area contributed by atoms with Crippen molar-refractivity contribution in [2.75, 3.05) is 13.6 Å². The molecule has 0 radical (unpaired) electrons. The molecule has 2 aromatic carbocycles. The van der Waals surface area contributed by atoms with Gasteiger partial charge in [-0.25, -0.2) is 4.99 Å². The molecule has 0 unspecified atom stereocenters. The van der Waals surface area contributed by atoms with Gasteiger partial charge in [0.05, 0.1) is 6.54 Å². The molecule has 0 bridgehead atoms. The van der Waals surface area contributed by atoms with E-state index in [1.165, 1.54) is 11.1 Å². The van der Waals surface area contributed by atoms with E-state index >= 15 is 0 Å². The highest BCUT2D eigenvalue weighted by Gasteiger charge is 2.04. The van der Waals surface area contributed by atoms with Crippen LogP contribution < -0.4 is 16.0 Å². The Morgan fingerprint density at radius 1 is 0.963 bits per heavy atom. The van der Waals surface area contributed by atoms with Gasteiger partial charge in [-0.05, 0) is 42.2 Å². The molecule has 0 heterocycles. The lowest BCUT2D eigenvalue weighted by Gasteiger charge is -2.13. The van der Waals surface area contributed by atoms with E-state index in [-0.39, 0.29) is 29.9 Å². The van der Waals surface area contributed by atoms with Crippen LogP contribution in [0.1, 0.15) is 40.9 Å². The third-order valence-corrected chi connectivity index (χ3v) is 4.15. The lowest BCUT2D eigenvalue weighted by Crippen LogP contribution is -2.37. The van der Waals surface area contributed by atoms with Crippen molar-refractivity contribution in [2.24, 2.45) is 4.99 Å². The third-order valence-electron chi connectivity index (χ3n) is 4.15. The van der Waals surface area contributed by atoms with Crippen molar-refractivity contribution in [1.82, 2.24) is 16.0 Å². The number of aliphatic imine (C=N–C) groups is 1. The highest BCUT2D eigenvalue weighted by molar-refractivity contribution is 14.0. The van der Waals surface area contributed by atoms with Crippen LogP contribution >= 0.6 is 24.0 Å². The summed E-state index contributed by atoms with van der Waals surface area (Å²) in [6.07, 6.45) is 1.02.